The van der Waals surface area contributed by atoms with Gasteiger partial charge in [0.05, 0.1) is 10.6 Å². The zero-order chi connectivity index (χ0) is 20.1. The Morgan fingerprint density at radius 3 is 2.55 bits per heavy atom. The van der Waals surface area contributed by atoms with Gasteiger partial charge in [-0.2, -0.15) is 0 Å². The molecule has 0 bridgehead atoms. The second-order valence-electron chi connectivity index (χ2n) is 6.46. The number of amides is 1. The van der Waals surface area contributed by atoms with E-state index in [4.69, 9.17) is 16.6 Å². The molecule has 0 saturated carbocycles. The second-order valence-corrected chi connectivity index (χ2v) is 7.91. The molecule has 2 aromatic carbocycles. The highest BCUT2D eigenvalue weighted by Crippen LogP contribution is 2.34. The summed E-state index contributed by atoms with van der Waals surface area (Å²) in [5.41, 5.74) is 2.83. The molecule has 1 saturated heterocycles. The van der Waals surface area contributed by atoms with Crippen molar-refractivity contribution in [2.45, 2.75) is 6.42 Å². The lowest BCUT2D eigenvalue weighted by atomic mass is 10.1. The van der Waals surface area contributed by atoms with E-state index in [-0.39, 0.29) is 5.91 Å². The molecule has 1 aliphatic heterocycles. The van der Waals surface area contributed by atoms with Gasteiger partial charge in [0.15, 0.2) is 5.17 Å². The predicted molar refractivity (Wildman–Crippen MR) is 120 cm³/mol. The van der Waals surface area contributed by atoms with Crippen LogP contribution in [0.2, 0.25) is 5.02 Å². The molecule has 144 valence electrons. The largest absolute Gasteiger partial charge is 0.286 e. The van der Waals surface area contributed by atoms with E-state index in [2.05, 4.69) is 4.98 Å². The van der Waals surface area contributed by atoms with E-state index < -0.39 is 0 Å². The van der Waals surface area contributed by atoms with Crippen molar-refractivity contribution in [2.24, 2.45) is 4.99 Å². The van der Waals surface area contributed by atoms with Gasteiger partial charge >= 0.3 is 0 Å². The van der Waals surface area contributed by atoms with E-state index in [1.807, 2.05) is 72.8 Å². The van der Waals surface area contributed by atoms with Gasteiger partial charge in [-0.15, -0.1) is 0 Å². The predicted octanol–water partition coefficient (Wildman–Crippen LogP) is 5.58. The Bertz CT molecular complexity index is 1050. The van der Waals surface area contributed by atoms with Gasteiger partial charge in [-0.1, -0.05) is 48.0 Å². The summed E-state index contributed by atoms with van der Waals surface area (Å²) < 4.78 is 0. The molecule has 3 aromatic rings. The van der Waals surface area contributed by atoms with Gasteiger partial charge in [0.2, 0.25) is 0 Å². The molecule has 0 spiro atoms. The van der Waals surface area contributed by atoms with Crippen LogP contribution in [0, 0.1) is 0 Å². The number of thioether (sulfide) groups is 1. The van der Waals surface area contributed by atoms with Gasteiger partial charge in [-0.3, -0.25) is 14.7 Å². The molecule has 0 unspecified atom stereocenters. The Hall–Kier alpha value is -2.89. The van der Waals surface area contributed by atoms with Crippen LogP contribution in [-0.4, -0.2) is 27.5 Å². The third-order valence-corrected chi connectivity index (χ3v) is 5.65. The summed E-state index contributed by atoms with van der Waals surface area (Å²) in [5.74, 6) is -0.0394. The number of halogens is 1. The zero-order valence-corrected chi connectivity index (χ0v) is 17.1. The van der Waals surface area contributed by atoms with Crippen LogP contribution >= 0.6 is 23.4 Å². The number of hydrogen-bond acceptors (Lipinski definition) is 4. The number of aliphatic imine (C=N–C) groups is 1. The third-order valence-electron chi connectivity index (χ3n) is 4.39. The van der Waals surface area contributed by atoms with E-state index in [1.54, 1.807) is 17.3 Å². The van der Waals surface area contributed by atoms with E-state index in [1.165, 1.54) is 11.8 Å². The molecule has 0 N–H and O–H groups in total. The maximum Gasteiger partial charge on any atom is 0.266 e. The average molecular weight is 420 g/mol. The average Bonchev–Trinajstić information content (AvgIpc) is 3.03. The first-order chi connectivity index (χ1) is 14.2. The molecule has 1 aliphatic rings. The summed E-state index contributed by atoms with van der Waals surface area (Å²) in [5, 5.41) is 1.39. The van der Waals surface area contributed by atoms with Gasteiger partial charge in [0, 0.05) is 24.0 Å². The highest BCUT2D eigenvalue weighted by Gasteiger charge is 2.33. The van der Waals surface area contributed by atoms with Crippen molar-refractivity contribution < 1.29 is 4.79 Å². The Balaban J connectivity index is 1.61. The molecule has 1 aromatic heterocycles. The van der Waals surface area contributed by atoms with Crippen molar-refractivity contribution in [1.82, 2.24) is 9.88 Å². The molecule has 2 heterocycles. The summed E-state index contributed by atoms with van der Waals surface area (Å²) >= 11 is 7.36. The molecule has 1 amide bonds. The standard InChI is InChI=1S/C23H18ClN3OS/c24-19-10-8-17(9-11-19)12-14-27-22(28)21(15-18-5-4-13-25-16-18)29-23(27)26-20-6-2-1-3-7-20/h1-11,13,15-16H,12,14H2. The molecule has 0 atom stereocenters. The number of carbonyl (C=O) groups excluding carboxylic acids is 1. The molecule has 0 radical (unpaired) electrons. The number of benzene rings is 2. The molecular formula is C23H18ClN3OS. The molecule has 29 heavy (non-hydrogen) atoms. The minimum Gasteiger partial charge on any atom is -0.286 e. The lowest BCUT2D eigenvalue weighted by molar-refractivity contribution is -0.122. The van der Waals surface area contributed by atoms with Gasteiger partial charge in [-0.25, -0.2) is 4.99 Å². The number of rotatable bonds is 5. The van der Waals surface area contributed by atoms with Gasteiger partial charge in [0.1, 0.15) is 0 Å². The highest BCUT2D eigenvalue weighted by molar-refractivity contribution is 8.18. The number of amidine groups is 1. The van der Waals surface area contributed by atoms with Crippen LogP contribution in [0.1, 0.15) is 11.1 Å². The first kappa shape index (κ1) is 19.4. The van der Waals surface area contributed by atoms with E-state index in [0.717, 1.165) is 23.2 Å². The molecule has 1 fully saturated rings. The van der Waals surface area contributed by atoms with Crippen molar-refractivity contribution in [3.05, 3.63) is 100 Å². The Morgan fingerprint density at radius 1 is 1.03 bits per heavy atom. The zero-order valence-electron chi connectivity index (χ0n) is 15.5. The maximum absolute atomic E-state index is 13.1. The van der Waals surface area contributed by atoms with E-state index in [0.29, 0.717) is 21.6 Å². The van der Waals surface area contributed by atoms with Crippen LogP contribution in [0.4, 0.5) is 5.69 Å². The van der Waals surface area contributed by atoms with Crippen LogP contribution in [-0.2, 0) is 11.2 Å². The summed E-state index contributed by atoms with van der Waals surface area (Å²) in [6.45, 7) is 0.545. The molecule has 0 aliphatic carbocycles. The maximum atomic E-state index is 13.1. The third kappa shape index (κ3) is 4.94. The van der Waals surface area contributed by atoms with Crippen LogP contribution in [0.15, 0.2) is 89.0 Å². The summed E-state index contributed by atoms with van der Waals surface area (Å²) in [6.07, 6.45) is 6.04. The van der Waals surface area contributed by atoms with E-state index >= 15 is 0 Å². The van der Waals surface area contributed by atoms with Crippen molar-refractivity contribution in [2.75, 3.05) is 6.54 Å². The van der Waals surface area contributed by atoms with E-state index in [9.17, 15) is 4.79 Å². The van der Waals surface area contributed by atoms with Crippen LogP contribution in [0.25, 0.3) is 6.08 Å². The lowest BCUT2D eigenvalue weighted by Gasteiger charge is -2.15. The number of carbonyl (C=O) groups is 1. The van der Waals surface area contributed by atoms with Crippen molar-refractivity contribution in [1.29, 1.82) is 0 Å². The van der Waals surface area contributed by atoms with Crippen LogP contribution in [0.3, 0.4) is 0 Å². The Morgan fingerprint density at radius 2 is 1.83 bits per heavy atom. The molecular weight excluding hydrogens is 402 g/mol. The Kier molecular flexibility index (Phi) is 6.08. The number of para-hydroxylation sites is 1. The summed E-state index contributed by atoms with van der Waals surface area (Å²) in [6, 6.07) is 21.2. The minimum atomic E-state index is -0.0394. The van der Waals surface area contributed by atoms with Crippen LogP contribution in [0.5, 0.6) is 0 Å². The molecule has 4 nitrogen and oxygen atoms in total. The minimum absolute atomic E-state index is 0.0394. The number of aromatic nitrogens is 1. The van der Waals surface area contributed by atoms with Gasteiger partial charge in [0.25, 0.3) is 5.91 Å². The fourth-order valence-electron chi connectivity index (χ4n) is 2.91. The monoisotopic (exact) mass is 419 g/mol. The normalized spacial score (nSPS) is 16.7. The first-order valence-corrected chi connectivity index (χ1v) is 10.4. The topological polar surface area (TPSA) is 45.6 Å². The molecule has 6 heteroatoms. The summed E-state index contributed by atoms with van der Waals surface area (Å²) in [7, 11) is 0. The SMILES string of the molecule is O=C1C(=Cc2cccnc2)SC(=Nc2ccccc2)N1CCc1ccc(Cl)cc1. The van der Waals surface area contributed by atoms with Crippen molar-refractivity contribution in [3.63, 3.8) is 0 Å². The Labute approximate surface area is 179 Å². The fourth-order valence-corrected chi connectivity index (χ4v) is 4.06. The highest BCUT2D eigenvalue weighted by atomic mass is 35.5. The van der Waals surface area contributed by atoms with Crippen molar-refractivity contribution in [3.8, 4) is 0 Å². The smallest absolute Gasteiger partial charge is 0.266 e. The summed E-state index contributed by atoms with van der Waals surface area (Å²) in [4.78, 5) is 24.3. The quantitative estimate of drug-likeness (QED) is 0.507. The van der Waals surface area contributed by atoms with Gasteiger partial charge < -0.3 is 0 Å². The lowest BCUT2D eigenvalue weighted by Crippen LogP contribution is -2.31. The van der Waals surface area contributed by atoms with Gasteiger partial charge in [-0.05, 0) is 65.7 Å². The fraction of sp³-hybridized carbons (Fsp3) is 0.0870. The number of nitrogens with zero attached hydrogens (tertiary/aromatic N) is 3. The first-order valence-electron chi connectivity index (χ1n) is 9.19. The van der Waals surface area contributed by atoms with Crippen molar-refractivity contribution >= 4 is 46.2 Å². The number of pyridine rings is 1. The molecule has 4 rings (SSSR count). The number of hydrogen-bond donors (Lipinski definition) is 0. The second kappa shape index (κ2) is 9.07. The van der Waals surface area contributed by atoms with Crippen LogP contribution < -0.4 is 0 Å².